The number of aryl methyl sites for hydroxylation is 2. The number of aliphatic hydroxyl groups excluding tert-OH is 1. The van der Waals surface area contributed by atoms with Crippen LogP contribution in [-0.2, 0) is 19.4 Å². The summed E-state index contributed by atoms with van der Waals surface area (Å²) in [6, 6.07) is 0. The van der Waals surface area contributed by atoms with Crippen molar-refractivity contribution in [1.29, 1.82) is 0 Å². The molecule has 2 aliphatic rings. The zero-order chi connectivity index (χ0) is 20.4. The molecular formula is C22H41IN6O. The molecule has 1 fully saturated rings. The van der Waals surface area contributed by atoms with Crippen molar-refractivity contribution in [3.8, 4) is 0 Å². The lowest BCUT2D eigenvalue weighted by molar-refractivity contribution is 0.137. The van der Waals surface area contributed by atoms with Crippen molar-refractivity contribution in [2.24, 2.45) is 10.4 Å². The smallest absolute Gasteiger partial charge is 0.191 e. The molecule has 0 spiro atoms. The van der Waals surface area contributed by atoms with E-state index in [2.05, 4.69) is 32.3 Å². The summed E-state index contributed by atoms with van der Waals surface area (Å²) in [4.78, 5) is 4.90. The zero-order valence-electron chi connectivity index (χ0n) is 18.7. The Labute approximate surface area is 198 Å². The molecule has 1 aromatic heterocycles. The van der Waals surface area contributed by atoms with Crippen molar-refractivity contribution >= 4 is 29.9 Å². The number of aliphatic imine (C=N–C) groups is 1. The minimum atomic E-state index is 0. The van der Waals surface area contributed by atoms with Crippen LogP contribution in [-0.4, -0.2) is 52.1 Å². The molecular weight excluding hydrogens is 491 g/mol. The quantitative estimate of drug-likeness (QED) is 0.196. The summed E-state index contributed by atoms with van der Waals surface area (Å²) in [5.41, 5.74) is 0.189. The monoisotopic (exact) mass is 532 g/mol. The number of guanidine groups is 1. The number of fused-ring (bicyclic) bond motifs is 1. The highest BCUT2D eigenvalue weighted by Gasteiger charge is 2.31. The van der Waals surface area contributed by atoms with Gasteiger partial charge in [-0.25, -0.2) is 0 Å². The van der Waals surface area contributed by atoms with E-state index in [1.807, 2.05) is 0 Å². The number of nitrogens with one attached hydrogen (secondary N) is 2. The van der Waals surface area contributed by atoms with E-state index in [-0.39, 0.29) is 36.0 Å². The first-order chi connectivity index (χ1) is 14.3. The van der Waals surface area contributed by atoms with Crippen LogP contribution in [0.2, 0.25) is 0 Å². The Morgan fingerprint density at radius 2 is 1.90 bits per heavy atom. The lowest BCUT2D eigenvalue weighted by Gasteiger charge is -2.35. The molecule has 0 unspecified atom stereocenters. The molecule has 3 rings (SSSR count). The van der Waals surface area contributed by atoms with Gasteiger partial charge in [-0.05, 0) is 50.9 Å². The maximum absolute atomic E-state index is 9.53. The first-order valence-electron chi connectivity index (χ1n) is 11.8. The predicted molar refractivity (Wildman–Crippen MR) is 133 cm³/mol. The van der Waals surface area contributed by atoms with Crippen LogP contribution in [0.3, 0.4) is 0 Å². The van der Waals surface area contributed by atoms with Gasteiger partial charge in [0, 0.05) is 45.6 Å². The van der Waals surface area contributed by atoms with E-state index < -0.39 is 0 Å². The van der Waals surface area contributed by atoms with Crippen molar-refractivity contribution in [2.75, 3.05) is 26.2 Å². The summed E-state index contributed by atoms with van der Waals surface area (Å²) >= 11 is 0. The summed E-state index contributed by atoms with van der Waals surface area (Å²) in [7, 11) is 0. The zero-order valence-corrected chi connectivity index (χ0v) is 21.0. The summed E-state index contributed by atoms with van der Waals surface area (Å²) in [5, 5.41) is 25.2. The molecule has 0 saturated heterocycles. The van der Waals surface area contributed by atoms with Crippen LogP contribution in [0.5, 0.6) is 0 Å². The van der Waals surface area contributed by atoms with Gasteiger partial charge in [0.05, 0.1) is 0 Å². The molecule has 0 bridgehead atoms. The molecule has 1 aromatic rings. The van der Waals surface area contributed by atoms with Crippen LogP contribution >= 0.6 is 24.0 Å². The Kier molecular flexibility index (Phi) is 11.4. The van der Waals surface area contributed by atoms with Gasteiger partial charge in [-0.1, -0.05) is 25.7 Å². The fourth-order valence-corrected chi connectivity index (χ4v) is 4.80. The fraction of sp³-hybridized carbons (Fsp3) is 0.864. The van der Waals surface area contributed by atoms with Crippen LogP contribution in [0.1, 0.15) is 82.8 Å². The Morgan fingerprint density at radius 1 is 1.10 bits per heavy atom. The lowest BCUT2D eigenvalue weighted by atomic mass is 9.72. The first kappa shape index (κ1) is 25.4. The van der Waals surface area contributed by atoms with Gasteiger partial charge in [0.15, 0.2) is 5.96 Å². The molecule has 3 N–H and O–H groups in total. The summed E-state index contributed by atoms with van der Waals surface area (Å²) in [6.45, 7) is 5.98. The Balaban J connectivity index is 0.00000320. The molecule has 1 saturated carbocycles. The first-order valence-corrected chi connectivity index (χ1v) is 11.8. The number of halogens is 1. The minimum Gasteiger partial charge on any atom is -0.396 e. The topological polar surface area (TPSA) is 87.4 Å². The molecule has 0 amide bonds. The molecule has 8 heteroatoms. The average Bonchev–Trinajstić information content (AvgIpc) is 2.96. The Bertz CT molecular complexity index is 636. The largest absolute Gasteiger partial charge is 0.396 e. The third-order valence-corrected chi connectivity index (χ3v) is 6.53. The van der Waals surface area contributed by atoms with Gasteiger partial charge >= 0.3 is 0 Å². The van der Waals surface area contributed by atoms with Crippen LogP contribution < -0.4 is 10.6 Å². The third kappa shape index (κ3) is 7.35. The van der Waals surface area contributed by atoms with Crippen LogP contribution in [0.25, 0.3) is 0 Å². The highest BCUT2D eigenvalue weighted by Crippen LogP contribution is 2.39. The summed E-state index contributed by atoms with van der Waals surface area (Å²) in [5.74, 6) is 3.20. The van der Waals surface area contributed by atoms with Crippen molar-refractivity contribution in [3.63, 3.8) is 0 Å². The van der Waals surface area contributed by atoms with Crippen LogP contribution in [0.4, 0.5) is 0 Å². The van der Waals surface area contributed by atoms with E-state index in [9.17, 15) is 5.11 Å². The van der Waals surface area contributed by atoms with Gasteiger partial charge in [-0.2, -0.15) is 0 Å². The van der Waals surface area contributed by atoms with Gasteiger partial charge in [0.2, 0.25) is 0 Å². The molecule has 30 heavy (non-hydrogen) atoms. The predicted octanol–water partition coefficient (Wildman–Crippen LogP) is 3.44. The second-order valence-corrected chi connectivity index (χ2v) is 8.75. The lowest BCUT2D eigenvalue weighted by Crippen LogP contribution is -2.39. The Hall–Kier alpha value is -0.900. The van der Waals surface area contributed by atoms with Gasteiger partial charge in [-0.15, -0.1) is 34.2 Å². The number of aliphatic hydroxyl groups is 1. The van der Waals surface area contributed by atoms with Gasteiger partial charge in [0.25, 0.3) is 0 Å². The van der Waals surface area contributed by atoms with E-state index in [0.29, 0.717) is 0 Å². The van der Waals surface area contributed by atoms with E-state index in [1.54, 1.807) is 0 Å². The second-order valence-electron chi connectivity index (χ2n) is 8.75. The maximum atomic E-state index is 9.53. The van der Waals surface area contributed by atoms with E-state index in [0.717, 1.165) is 63.6 Å². The minimum absolute atomic E-state index is 0. The number of hydrogen-bond donors (Lipinski definition) is 3. The van der Waals surface area contributed by atoms with Gasteiger partial charge < -0.3 is 20.3 Å². The highest BCUT2D eigenvalue weighted by atomic mass is 127. The molecule has 0 aromatic carbocycles. The highest BCUT2D eigenvalue weighted by molar-refractivity contribution is 14.0. The van der Waals surface area contributed by atoms with Crippen molar-refractivity contribution in [3.05, 3.63) is 11.6 Å². The summed E-state index contributed by atoms with van der Waals surface area (Å²) in [6.07, 6.45) is 13.9. The molecule has 0 atom stereocenters. The van der Waals surface area contributed by atoms with Crippen LogP contribution in [0.15, 0.2) is 4.99 Å². The van der Waals surface area contributed by atoms with E-state index >= 15 is 0 Å². The van der Waals surface area contributed by atoms with Crippen LogP contribution in [0, 0.1) is 5.41 Å². The van der Waals surface area contributed by atoms with E-state index in [4.69, 9.17) is 4.99 Å². The SMILES string of the molecule is CCNC(=NCC1(CCO)CCCCC1)NCCCc1nnc2n1CCCCC2.I. The average molecular weight is 533 g/mol. The van der Waals surface area contributed by atoms with Crippen molar-refractivity contribution in [2.45, 2.75) is 90.5 Å². The summed E-state index contributed by atoms with van der Waals surface area (Å²) < 4.78 is 2.34. The second kappa shape index (κ2) is 13.5. The van der Waals surface area contributed by atoms with Crippen molar-refractivity contribution < 1.29 is 5.11 Å². The normalized spacial score (nSPS) is 18.8. The van der Waals surface area contributed by atoms with E-state index in [1.165, 1.54) is 57.2 Å². The molecule has 172 valence electrons. The molecule has 2 heterocycles. The number of hydrogen-bond acceptors (Lipinski definition) is 4. The molecule has 1 aliphatic heterocycles. The molecule has 7 nitrogen and oxygen atoms in total. The standard InChI is InChI=1S/C22H40N6O.HI/c1-2-23-21(25-18-22(14-17-29)12-6-4-7-13-22)24-15-9-11-20-27-26-19-10-5-3-8-16-28(19)20;/h29H,2-18H2,1H3,(H2,23,24,25);1H. The van der Waals surface area contributed by atoms with Crippen molar-refractivity contribution in [1.82, 2.24) is 25.4 Å². The van der Waals surface area contributed by atoms with Gasteiger partial charge in [-0.3, -0.25) is 4.99 Å². The molecule has 1 aliphatic carbocycles. The fourth-order valence-electron chi connectivity index (χ4n) is 4.80. The maximum Gasteiger partial charge on any atom is 0.191 e. The molecule has 0 radical (unpaired) electrons. The van der Waals surface area contributed by atoms with Gasteiger partial charge in [0.1, 0.15) is 11.6 Å². The Morgan fingerprint density at radius 3 is 2.67 bits per heavy atom. The third-order valence-electron chi connectivity index (χ3n) is 6.53. The number of rotatable bonds is 9. The number of aromatic nitrogens is 3. The number of nitrogens with zero attached hydrogens (tertiary/aromatic N) is 4.